The van der Waals surface area contributed by atoms with Crippen LogP contribution in [-0.4, -0.2) is 34.7 Å². The fourth-order valence-electron chi connectivity index (χ4n) is 1.46. The predicted molar refractivity (Wildman–Crippen MR) is 72.3 cm³/mol. The van der Waals surface area contributed by atoms with Gasteiger partial charge in [0.25, 0.3) is 0 Å². The van der Waals surface area contributed by atoms with Gasteiger partial charge in [0.1, 0.15) is 4.90 Å². The third-order valence-corrected chi connectivity index (χ3v) is 3.81. The van der Waals surface area contributed by atoms with Gasteiger partial charge in [-0.05, 0) is 26.0 Å². The summed E-state index contributed by atoms with van der Waals surface area (Å²) in [6, 6.07) is 6.77. The van der Waals surface area contributed by atoms with Crippen LogP contribution in [-0.2, 0) is 14.8 Å². The van der Waals surface area contributed by atoms with Crippen LogP contribution in [0.1, 0.15) is 13.8 Å². The molecule has 0 saturated heterocycles. The van der Waals surface area contributed by atoms with Gasteiger partial charge in [-0.25, -0.2) is 13.1 Å². The summed E-state index contributed by atoms with van der Waals surface area (Å²) in [5.74, 6) is 0. The topological polar surface area (TPSA) is 67.4 Å². The predicted octanol–water partition coefficient (Wildman–Crippen LogP) is 1.43. The van der Waals surface area contributed by atoms with Crippen molar-refractivity contribution >= 4 is 15.7 Å². The number of rotatable bonds is 7. The summed E-state index contributed by atoms with van der Waals surface area (Å²) in [6.07, 6.45) is 0.0964. The third-order valence-electron chi connectivity index (χ3n) is 2.29. The van der Waals surface area contributed by atoms with Gasteiger partial charge in [0.2, 0.25) is 10.0 Å². The number of sulfonamides is 1. The molecule has 0 spiro atoms. The van der Waals surface area contributed by atoms with Crippen LogP contribution in [0.5, 0.6) is 0 Å². The van der Waals surface area contributed by atoms with E-state index in [2.05, 4.69) is 10.0 Å². The number of para-hydroxylation sites is 1. The van der Waals surface area contributed by atoms with Crippen molar-refractivity contribution in [3.8, 4) is 0 Å². The zero-order valence-electron chi connectivity index (χ0n) is 10.9. The monoisotopic (exact) mass is 272 g/mol. The molecular formula is C12H20N2O3S. The second-order valence-electron chi connectivity index (χ2n) is 4.06. The van der Waals surface area contributed by atoms with E-state index < -0.39 is 10.0 Å². The van der Waals surface area contributed by atoms with E-state index in [4.69, 9.17) is 4.74 Å². The van der Waals surface area contributed by atoms with Crippen LogP contribution in [0.4, 0.5) is 5.69 Å². The molecular weight excluding hydrogens is 252 g/mol. The van der Waals surface area contributed by atoms with Crippen LogP contribution < -0.4 is 10.0 Å². The average Bonchev–Trinajstić information content (AvgIpc) is 2.34. The quantitative estimate of drug-likeness (QED) is 0.737. The highest BCUT2D eigenvalue weighted by Crippen LogP contribution is 2.19. The molecule has 0 radical (unpaired) electrons. The van der Waals surface area contributed by atoms with E-state index in [-0.39, 0.29) is 17.5 Å². The second kappa shape index (κ2) is 6.72. The van der Waals surface area contributed by atoms with Crippen LogP contribution in [0.15, 0.2) is 29.2 Å². The molecule has 1 rings (SSSR count). The van der Waals surface area contributed by atoms with Crippen LogP contribution in [0.3, 0.4) is 0 Å². The average molecular weight is 272 g/mol. The molecule has 0 aliphatic carbocycles. The Hall–Kier alpha value is -1.11. The van der Waals surface area contributed by atoms with Crippen molar-refractivity contribution in [3.63, 3.8) is 0 Å². The van der Waals surface area contributed by atoms with Gasteiger partial charge in [-0.2, -0.15) is 0 Å². The van der Waals surface area contributed by atoms with Crippen molar-refractivity contribution in [2.24, 2.45) is 0 Å². The van der Waals surface area contributed by atoms with Gasteiger partial charge in [0.15, 0.2) is 0 Å². The van der Waals surface area contributed by atoms with Crippen LogP contribution >= 0.6 is 0 Å². The van der Waals surface area contributed by atoms with Crippen LogP contribution in [0, 0.1) is 0 Å². The highest BCUT2D eigenvalue weighted by atomic mass is 32.2. The standard InChI is InChI=1S/C12H20N2O3S/c1-10(2)17-9-8-14-18(15,16)12-7-5-4-6-11(12)13-3/h4-7,10,13-14H,8-9H2,1-3H3. The Morgan fingerprint density at radius 3 is 2.56 bits per heavy atom. The van der Waals surface area contributed by atoms with Gasteiger partial charge in [-0.1, -0.05) is 12.1 Å². The molecule has 0 amide bonds. The van der Waals surface area contributed by atoms with Gasteiger partial charge in [0.05, 0.1) is 18.4 Å². The van der Waals surface area contributed by atoms with E-state index in [1.165, 1.54) is 0 Å². The minimum absolute atomic E-state index is 0.0964. The zero-order chi connectivity index (χ0) is 13.6. The lowest BCUT2D eigenvalue weighted by Crippen LogP contribution is -2.28. The van der Waals surface area contributed by atoms with Crippen molar-refractivity contribution in [1.29, 1.82) is 0 Å². The van der Waals surface area contributed by atoms with E-state index in [1.54, 1.807) is 31.3 Å². The van der Waals surface area contributed by atoms with Gasteiger partial charge in [-0.15, -0.1) is 0 Å². The summed E-state index contributed by atoms with van der Waals surface area (Å²) in [5.41, 5.74) is 0.578. The first kappa shape index (κ1) is 14.9. The Balaban J connectivity index is 2.68. The first-order chi connectivity index (χ1) is 8.47. The molecule has 0 unspecified atom stereocenters. The van der Waals surface area contributed by atoms with Gasteiger partial charge in [-0.3, -0.25) is 0 Å². The van der Waals surface area contributed by atoms with Crippen molar-refractivity contribution in [2.45, 2.75) is 24.8 Å². The molecule has 6 heteroatoms. The van der Waals surface area contributed by atoms with Gasteiger partial charge < -0.3 is 10.1 Å². The smallest absolute Gasteiger partial charge is 0.242 e. The number of anilines is 1. The lowest BCUT2D eigenvalue weighted by Gasteiger charge is -2.12. The molecule has 1 aromatic carbocycles. The molecule has 0 saturated carbocycles. The van der Waals surface area contributed by atoms with Gasteiger partial charge >= 0.3 is 0 Å². The van der Waals surface area contributed by atoms with Gasteiger partial charge in [0, 0.05) is 13.6 Å². The van der Waals surface area contributed by atoms with Crippen LogP contribution in [0.2, 0.25) is 0 Å². The summed E-state index contributed by atoms with van der Waals surface area (Å²) in [4.78, 5) is 0.247. The van der Waals surface area contributed by atoms with E-state index in [0.29, 0.717) is 12.3 Å². The number of hydrogen-bond donors (Lipinski definition) is 2. The lowest BCUT2D eigenvalue weighted by atomic mass is 10.3. The molecule has 102 valence electrons. The minimum atomic E-state index is -3.49. The summed E-state index contributed by atoms with van der Waals surface area (Å²) in [5, 5.41) is 2.86. The summed E-state index contributed by atoms with van der Waals surface area (Å²) >= 11 is 0. The third kappa shape index (κ3) is 4.29. The highest BCUT2D eigenvalue weighted by molar-refractivity contribution is 7.89. The molecule has 0 atom stereocenters. The fraction of sp³-hybridized carbons (Fsp3) is 0.500. The number of benzene rings is 1. The Morgan fingerprint density at radius 1 is 1.28 bits per heavy atom. The van der Waals surface area contributed by atoms with Crippen LogP contribution in [0.25, 0.3) is 0 Å². The first-order valence-electron chi connectivity index (χ1n) is 5.85. The summed E-state index contributed by atoms with van der Waals surface area (Å²) in [6.45, 7) is 4.44. The molecule has 0 aliphatic heterocycles. The maximum atomic E-state index is 12.0. The van der Waals surface area contributed by atoms with Crippen molar-refractivity contribution in [1.82, 2.24) is 4.72 Å². The molecule has 0 aromatic heterocycles. The number of nitrogens with one attached hydrogen (secondary N) is 2. The van der Waals surface area contributed by atoms with E-state index in [9.17, 15) is 8.42 Å². The molecule has 5 nitrogen and oxygen atoms in total. The van der Waals surface area contributed by atoms with Crippen molar-refractivity contribution in [2.75, 3.05) is 25.5 Å². The number of hydrogen-bond acceptors (Lipinski definition) is 4. The Morgan fingerprint density at radius 2 is 1.94 bits per heavy atom. The first-order valence-corrected chi connectivity index (χ1v) is 7.33. The van der Waals surface area contributed by atoms with Crippen molar-refractivity contribution < 1.29 is 13.2 Å². The highest BCUT2D eigenvalue weighted by Gasteiger charge is 2.16. The molecule has 0 aliphatic rings. The lowest BCUT2D eigenvalue weighted by molar-refractivity contribution is 0.0834. The summed E-state index contributed by atoms with van der Waals surface area (Å²) in [7, 11) is -1.80. The molecule has 0 heterocycles. The second-order valence-corrected chi connectivity index (χ2v) is 5.80. The molecule has 18 heavy (non-hydrogen) atoms. The van der Waals surface area contributed by atoms with E-state index >= 15 is 0 Å². The number of ether oxygens (including phenoxy) is 1. The maximum Gasteiger partial charge on any atom is 0.242 e. The molecule has 0 bridgehead atoms. The Kier molecular flexibility index (Phi) is 5.58. The van der Waals surface area contributed by atoms with E-state index in [0.717, 1.165) is 0 Å². The minimum Gasteiger partial charge on any atom is -0.387 e. The fourth-order valence-corrected chi connectivity index (χ4v) is 2.68. The zero-order valence-corrected chi connectivity index (χ0v) is 11.8. The normalized spacial score (nSPS) is 11.8. The summed E-state index contributed by atoms with van der Waals surface area (Å²) < 4.78 is 31.9. The molecule has 2 N–H and O–H groups in total. The largest absolute Gasteiger partial charge is 0.387 e. The molecule has 0 fully saturated rings. The van der Waals surface area contributed by atoms with Crippen molar-refractivity contribution in [3.05, 3.63) is 24.3 Å². The Labute approximate surface area is 109 Å². The molecule has 1 aromatic rings. The van der Waals surface area contributed by atoms with E-state index in [1.807, 2.05) is 13.8 Å². The Bertz CT molecular complexity index is 472. The maximum absolute atomic E-state index is 12.0. The SMILES string of the molecule is CNc1ccccc1S(=O)(=O)NCCOC(C)C.